The molecule has 0 unspecified atom stereocenters. The van der Waals surface area contributed by atoms with E-state index in [-0.39, 0.29) is 30.5 Å². The summed E-state index contributed by atoms with van der Waals surface area (Å²) in [4.78, 5) is 28.1. The van der Waals surface area contributed by atoms with E-state index < -0.39 is 5.41 Å². The van der Waals surface area contributed by atoms with Crippen molar-refractivity contribution in [3.8, 4) is 0 Å². The molecule has 0 radical (unpaired) electrons. The first-order valence-electron chi connectivity index (χ1n) is 9.77. The maximum absolute atomic E-state index is 13.5. The molecule has 0 spiro atoms. The Morgan fingerprint density at radius 1 is 1.21 bits per heavy atom. The predicted octanol–water partition coefficient (Wildman–Crippen LogP) is 3.00. The molecule has 2 fully saturated rings. The predicted molar refractivity (Wildman–Crippen MR) is 109 cm³/mol. The van der Waals surface area contributed by atoms with Gasteiger partial charge < -0.3 is 15.0 Å². The van der Waals surface area contributed by atoms with Gasteiger partial charge >= 0.3 is 0 Å². The molecule has 2 aromatic rings. The fraction of sp³-hybridized carbons (Fsp3) is 0.455. The molecule has 3 heterocycles. The lowest BCUT2D eigenvalue weighted by molar-refractivity contribution is -0.139. The van der Waals surface area contributed by atoms with Crippen molar-refractivity contribution in [2.45, 2.75) is 44.3 Å². The third-order valence-corrected chi connectivity index (χ3v) is 6.88. The smallest absolute Gasteiger partial charge is 0.249 e. The molecule has 1 aromatic carbocycles. The number of rotatable bonds is 7. The summed E-state index contributed by atoms with van der Waals surface area (Å²) in [7, 11) is 1.54. The van der Waals surface area contributed by atoms with Crippen molar-refractivity contribution in [3.63, 3.8) is 0 Å². The average molecular weight is 399 g/mol. The van der Waals surface area contributed by atoms with E-state index in [1.54, 1.807) is 18.4 Å². The molecule has 2 amide bonds. The van der Waals surface area contributed by atoms with E-state index in [0.717, 1.165) is 30.4 Å². The summed E-state index contributed by atoms with van der Waals surface area (Å²) < 4.78 is 5.09. The molecule has 2 aliphatic rings. The highest BCUT2D eigenvalue weighted by Gasteiger charge is 2.60. The summed E-state index contributed by atoms with van der Waals surface area (Å²) in [5, 5.41) is 7.24. The van der Waals surface area contributed by atoms with Gasteiger partial charge in [0, 0.05) is 25.7 Å². The minimum Gasteiger partial charge on any atom is -0.375 e. The molecule has 28 heavy (non-hydrogen) atoms. The van der Waals surface area contributed by atoms with E-state index in [0.29, 0.717) is 13.0 Å². The summed E-state index contributed by atoms with van der Waals surface area (Å²) >= 11 is 1.63. The lowest BCUT2D eigenvalue weighted by Crippen LogP contribution is -2.51. The number of carbonyl (C=O) groups excluding carboxylic acids is 2. The zero-order chi connectivity index (χ0) is 19.6. The van der Waals surface area contributed by atoms with Crippen LogP contribution in [-0.4, -0.2) is 42.5 Å². The fourth-order valence-electron chi connectivity index (χ4n) is 4.98. The van der Waals surface area contributed by atoms with E-state index in [4.69, 9.17) is 4.74 Å². The van der Waals surface area contributed by atoms with Gasteiger partial charge in [0.25, 0.3) is 0 Å². The first-order valence-corrected chi connectivity index (χ1v) is 10.7. The first kappa shape index (κ1) is 19.2. The number of hydrogen-bond acceptors (Lipinski definition) is 4. The molecule has 5 nitrogen and oxygen atoms in total. The van der Waals surface area contributed by atoms with E-state index in [2.05, 4.69) is 22.8 Å². The minimum atomic E-state index is -0.580. The van der Waals surface area contributed by atoms with Crippen molar-refractivity contribution >= 4 is 23.2 Å². The van der Waals surface area contributed by atoms with Gasteiger partial charge in [-0.15, -0.1) is 0 Å². The molecule has 2 saturated heterocycles. The molecule has 4 rings (SSSR count). The zero-order valence-electron chi connectivity index (χ0n) is 16.1. The van der Waals surface area contributed by atoms with Crippen LogP contribution in [0.3, 0.4) is 0 Å². The number of fused-ring (bicyclic) bond motifs is 2. The Balaban J connectivity index is 1.61. The number of amides is 2. The number of nitrogens with zero attached hydrogens (tertiary/aromatic N) is 1. The van der Waals surface area contributed by atoms with E-state index in [1.165, 1.54) is 0 Å². The lowest BCUT2D eigenvalue weighted by Gasteiger charge is -2.36. The van der Waals surface area contributed by atoms with Crippen molar-refractivity contribution in [1.82, 2.24) is 10.2 Å². The highest BCUT2D eigenvalue weighted by molar-refractivity contribution is 7.07. The Labute approximate surface area is 169 Å². The molecule has 3 atom stereocenters. The van der Waals surface area contributed by atoms with Crippen LogP contribution in [0.5, 0.6) is 0 Å². The number of benzene rings is 1. The van der Waals surface area contributed by atoms with Crippen molar-refractivity contribution in [3.05, 3.63) is 58.3 Å². The fourth-order valence-corrected chi connectivity index (χ4v) is 5.65. The van der Waals surface area contributed by atoms with Crippen molar-refractivity contribution < 1.29 is 14.3 Å². The molecule has 0 aliphatic carbocycles. The highest BCUT2D eigenvalue weighted by Crippen LogP contribution is 2.51. The van der Waals surface area contributed by atoms with Crippen LogP contribution in [0.2, 0.25) is 0 Å². The minimum absolute atomic E-state index is 0.00410. The standard InChI is InChI=1S/C22H26N2O3S/c1-27-14-20(25)24-18-7-8-19(24)22(12-18,11-16-5-3-2-4-6-16)21(26)23-13-17-9-10-28-15-17/h2-6,9-10,15,18-19H,7-8,11-14H2,1H3,(H,23,26)/t18-,19+,22+/m1/s1. The van der Waals surface area contributed by atoms with Crippen LogP contribution in [0.1, 0.15) is 30.4 Å². The van der Waals surface area contributed by atoms with Gasteiger partial charge in [0.1, 0.15) is 6.61 Å². The van der Waals surface area contributed by atoms with E-state index >= 15 is 0 Å². The molecule has 0 saturated carbocycles. The molecule has 1 N–H and O–H groups in total. The maximum Gasteiger partial charge on any atom is 0.249 e. The van der Waals surface area contributed by atoms with Crippen LogP contribution in [0, 0.1) is 5.41 Å². The van der Waals surface area contributed by atoms with E-state index in [9.17, 15) is 9.59 Å². The Hall–Kier alpha value is -2.18. The Bertz CT molecular complexity index is 824. The average Bonchev–Trinajstić information content (AvgIpc) is 3.43. The van der Waals surface area contributed by atoms with Crippen LogP contribution in [0.25, 0.3) is 0 Å². The number of methoxy groups -OCH3 is 1. The normalized spacial score (nSPS) is 25.8. The SMILES string of the molecule is COCC(=O)N1[C@@H]2CC[C@H]1[C@@](Cc1ccccc1)(C(=O)NCc1ccsc1)C2. The molecule has 6 heteroatoms. The Morgan fingerprint density at radius 3 is 2.75 bits per heavy atom. The van der Waals surface area contributed by atoms with Crippen LogP contribution in [-0.2, 0) is 27.3 Å². The summed E-state index contributed by atoms with van der Waals surface area (Å²) in [5.41, 5.74) is 1.67. The third kappa shape index (κ3) is 3.47. The maximum atomic E-state index is 13.5. The van der Waals surface area contributed by atoms with Crippen molar-refractivity contribution in [2.24, 2.45) is 5.41 Å². The lowest BCUT2D eigenvalue weighted by atomic mass is 9.69. The second kappa shape index (κ2) is 8.05. The number of carbonyl (C=O) groups is 2. The second-order valence-corrected chi connectivity index (χ2v) is 8.60. The van der Waals surface area contributed by atoms with Crippen molar-refractivity contribution in [1.29, 1.82) is 0 Å². The van der Waals surface area contributed by atoms with Gasteiger partial charge in [0.15, 0.2) is 0 Å². The number of thiophene rings is 1. The molecule has 2 aliphatic heterocycles. The van der Waals surface area contributed by atoms with Gasteiger partial charge in [0.05, 0.1) is 5.41 Å². The van der Waals surface area contributed by atoms with Gasteiger partial charge in [-0.1, -0.05) is 30.3 Å². The van der Waals surface area contributed by atoms with Crippen LogP contribution >= 0.6 is 11.3 Å². The topological polar surface area (TPSA) is 58.6 Å². The van der Waals surface area contributed by atoms with Gasteiger partial charge in [-0.05, 0) is 53.6 Å². The Morgan fingerprint density at radius 2 is 2.04 bits per heavy atom. The zero-order valence-corrected chi connectivity index (χ0v) is 16.9. The molecular formula is C22H26N2O3S. The summed E-state index contributed by atoms with van der Waals surface area (Å²) in [6.07, 6.45) is 3.21. The quantitative estimate of drug-likeness (QED) is 0.780. The van der Waals surface area contributed by atoms with Gasteiger partial charge in [0.2, 0.25) is 11.8 Å². The van der Waals surface area contributed by atoms with Crippen LogP contribution in [0.15, 0.2) is 47.2 Å². The molecule has 2 bridgehead atoms. The van der Waals surface area contributed by atoms with Gasteiger partial charge in [-0.2, -0.15) is 11.3 Å². The molecule has 148 valence electrons. The first-order chi connectivity index (χ1) is 13.6. The van der Waals surface area contributed by atoms with Gasteiger partial charge in [-0.3, -0.25) is 9.59 Å². The molecular weight excluding hydrogens is 372 g/mol. The Kier molecular flexibility index (Phi) is 5.51. The number of ether oxygens (including phenoxy) is 1. The number of nitrogens with one attached hydrogen (secondary N) is 1. The molecule has 1 aromatic heterocycles. The third-order valence-electron chi connectivity index (χ3n) is 6.14. The summed E-state index contributed by atoms with van der Waals surface area (Å²) in [6.45, 7) is 0.604. The van der Waals surface area contributed by atoms with Crippen LogP contribution in [0.4, 0.5) is 0 Å². The van der Waals surface area contributed by atoms with Gasteiger partial charge in [-0.25, -0.2) is 0 Å². The summed E-state index contributed by atoms with van der Waals surface area (Å²) in [6, 6.07) is 12.2. The number of hydrogen-bond donors (Lipinski definition) is 1. The van der Waals surface area contributed by atoms with Crippen molar-refractivity contribution in [2.75, 3.05) is 13.7 Å². The largest absolute Gasteiger partial charge is 0.375 e. The summed E-state index contributed by atoms with van der Waals surface area (Å²) in [5.74, 6) is 0.0561. The monoisotopic (exact) mass is 398 g/mol. The van der Waals surface area contributed by atoms with Crippen LogP contribution < -0.4 is 5.32 Å². The van der Waals surface area contributed by atoms with E-state index in [1.807, 2.05) is 34.5 Å². The second-order valence-electron chi connectivity index (χ2n) is 7.82. The highest BCUT2D eigenvalue weighted by atomic mass is 32.1.